The van der Waals surface area contributed by atoms with E-state index >= 15 is 0 Å². The first-order chi connectivity index (χ1) is 16.6. The summed E-state index contributed by atoms with van der Waals surface area (Å²) in [5, 5.41) is 11.4. The molecule has 0 radical (unpaired) electrons. The van der Waals surface area contributed by atoms with Gasteiger partial charge in [-0.3, -0.25) is 20.5 Å². The minimum Gasteiger partial charge on any atom is -0.439 e. The number of hydrogen-bond donors (Lipinski definition) is 3. The number of rotatable bonds is 7. The molecule has 0 saturated carbocycles. The van der Waals surface area contributed by atoms with Crippen molar-refractivity contribution in [3.05, 3.63) is 65.9 Å². The Kier molecular flexibility index (Phi) is 6.73. The van der Waals surface area contributed by atoms with Gasteiger partial charge in [0.25, 0.3) is 0 Å². The quantitative estimate of drug-likeness (QED) is 0.498. The Morgan fingerprint density at radius 3 is 2.79 bits per heavy atom. The van der Waals surface area contributed by atoms with Gasteiger partial charge in [-0.05, 0) is 60.0 Å². The third-order valence-corrected chi connectivity index (χ3v) is 6.80. The number of carbonyl (C=O) groups is 1. The summed E-state index contributed by atoms with van der Waals surface area (Å²) < 4.78 is 6.00. The van der Waals surface area contributed by atoms with E-state index in [0.29, 0.717) is 31.1 Å². The summed E-state index contributed by atoms with van der Waals surface area (Å²) in [4.78, 5) is 20.2. The van der Waals surface area contributed by atoms with E-state index in [1.54, 1.807) is 4.90 Å². The number of aliphatic hydroxyl groups is 1. The van der Waals surface area contributed by atoms with Crippen LogP contribution in [0.15, 0.2) is 54.7 Å². The highest BCUT2D eigenvalue weighted by Crippen LogP contribution is 2.27. The van der Waals surface area contributed by atoms with E-state index < -0.39 is 6.61 Å². The summed E-state index contributed by atoms with van der Waals surface area (Å²) in [6.07, 6.45) is 3.85. The predicted octanol–water partition coefficient (Wildman–Crippen LogP) is 2.59. The first-order valence-corrected chi connectivity index (χ1v) is 11.8. The fourth-order valence-electron chi connectivity index (χ4n) is 4.79. The molecule has 1 unspecified atom stereocenters. The standard InChI is InChI=1S/C26H31N5O3/c1-30(22-9-11-31(16-22)26(33)17-32)15-18-2-3-20-13-23(6-4-19(20)12-18)34-25-7-5-21(14-27-25)24-8-10-28-29-24/h2-7,12-14,22,24,28-29,32H,8-11,15-17H2,1H3/t22-,24?/m0/s1. The lowest BCUT2D eigenvalue weighted by atomic mass is 10.1. The van der Waals surface area contributed by atoms with Crippen LogP contribution >= 0.6 is 0 Å². The van der Waals surface area contributed by atoms with Gasteiger partial charge in [0.1, 0.15) is 12.4 Å². The van der Waals surface area contributed by atoms with Crippen molar-refractivity contribution in [1.29, 1.82) is 0 Å². The highest BCUT2D eigenvalue weighted by atomic mass is 16.5. The number of benzene rings is 2. The molecule has 34 heavy (non-hydrogen) atoms. The molecule has 0 bridgehead atoms. The summed E-state index contributed by atoms with van der Waals surface area (Å²) in [6, 6.07) is 17.1. The molecule has 1 aromatic heterocycles. The Morgan fingerprint density at radius 2 is 2.03 bits per heavy atom. The topological polar surface area (TPSA) is 90.0 Å². The number of likely N-dealkylation sites (N-methyl/N-ethyl adjacent to an activating group) is 1. The number of hydrazine groups is 1. The number of ether oxygens (including phenoxy) is 1. The first-order valence-electron chi connectivity index (χ1n) is 11.8. The molecule has 3 aromatic rings. The number of nitrogens with zero attached hydrogens (tertiary/aromatic N) is 3. The van der Waals surface area contributed by atoms with E-state index in [4.69, 9.17) is 9.84 Å². The van der Waals surface area contributed by atoms with Gasteiger partial charge in [0.05, 0.1) is 0 Å². The van der Waals surface area contributed by atoms with Gasteiger partial charge in [0, 0.05) is 50.5 Å². The number of pyridine rings is 1. The molecule has 2 aliphatic heterocycles. The van der Waals surface area contributed by atoms with E-state index in [0.717, 1.165) is 48.0 Å². The highest BCUT2D eigenvalue weighted by molar-refractivity contribution is 5.84. The van der Waals surface area contributed by atoms with Crippen LogP contribution in [0.3, 0.4) is 0 Å². The normalized spacial score (nSPS) is 20.4. The molecule has 5 rings (SSSR count). The molecule has 0 spiro atoms. The molecule has 178 valence electrons. The average molecular weight is 462 g/mol. The molecular weight excluding hydrogens is 430 g/mol. The Labute approximate surface area is 199 Å². The second kappa shape index (κ2) is 10.1. The molecule has 3 N–H and O–H groups in total. The van der Waals surface area contributed by atoms with Gasteiger partial charge in [0.15, 0.2) is 0 Å². The van der Waals surface area contributed by atoms with E-state index in [1.165, 1.54) is 5.56 Å². The molecule has 2 saturated heterocycles. The van der Waals surface area contributed by atoms with Crippen LogP contribution in [0.2, 0.25) is 0 Å². The smallest absolute Gasteiger partial charge is 0.248 e. The number of carbonyl (C=O) groups excluding carboxylic acids is 1. The van der Waals surface area contributed by atoms with Crippen molar-refractivity contribution in [2.75, 3.05) is 33.3 Å². The van der Waals surface area contributed by atoms with E-state index in [-0.39, 0.29) is 5.91 Å². The van der Waals surface area contributed by atoms with Crippen LogP contribution in [-0.2, 0) is 11.3 Å². The van der Waals surface area contributed by atoms with Gasteiger partial charge >= 0.3 is 0 Å². The van der Waals surface area contributed by atoms with Crippen molar-refractivity contribution in [1.82, 2.24) is 25.6 Å². The van der Waals surface area contributed by atoms with Gasteiger partial charge in [0.2, 0.25) is 11.8 Å². The number of hydrogen-bond acceptors (Lipinski definition) is 7. The maximum absolute atomic E-state index is 11.7. The monoisotopic (exact) mass is 461 g/mol. The molecule has 3 heterocycles. The lowest BCUT2D eigenvalue weighted by Crippen LogP contribution is -2.37. The fraction of sp³-hybridized carbons (Fsp3) is 0.385. The largest absolute Gasteiger partial charge is 0.439 e. The first kappa shape index (κ1) is 22.7. The van der Waals surface area contributed by atoms with Gasteiger partial charge in [-0.25, -0.2) is 4.98 Å². The van der Waals surface area contributed by atoms with Crippen LogP contribution in [0, 0.1) is 0 Å². The lowest BCUT2D eigenvalue weighted by molar-refractivity contribution is -0.133. The van der Waals surface area contributed by atoms with Crippen LogP contribution in [0.25, 0.3) is 10.8 Å². The third-order valence-electron chi connectivity index (χ3n) is 6.80. The molecule has 2 aromatic carbocycles. The van der Waals surface area contributed by atoms with Crippen LogP contribution in [0.5, 0.6) is 11.6 Å². The summed E-state index contributed by atoms with van der Waals surface area (Å²) in [5.41, 5.74) is 8.77. The minimum atomic E-state index is -0.413. The molecule has 0 aliphatic carbocycles. The van der Waals surface area contributed by atoms with Gasteiger partial charge in [-0.2, -0.15) is 0 Å². The zero-order chi connectivity index (χ0) is 23.5. The lowest BCUT2D eigenvalue weighted by Gasteiger charge is -2.24. The van der Waals surface area contributed by atoms with Gasteiger partial charge < -0.3 is 14.7 Å². The fourth-order valence-corrected chi connectivity index (χ4v) is 4.79. The number of fused-ring (bicyclic) bond motifs is 1. The van der Waals surface area contributed by atoms with Crippen molar-refractivity contribution < 1.29 is 14.6 Å². The molecular formula is C26H31N5O3. The number of aliphatic hydroxyl groups excluding tert-OH is 1. The van der Waals surface area contributed by atoms with Crippen LogP contribution in [0.4, 0.5) is 0 Å². The molecule has 8 nitrogen and oxygen atoms in total. The SMILES string of the molecule is CN(Cc1ccc2cc(Oc3ccc(C4CCNN4)cn3)ccc2c1)[C@H]1CCN(C(=O)CO)C1. The van der Waals surface area contributed by atoms with Crippen molar-refractivity contribution in [3.8, 4) is 11.6 Å². The van der Waals surface area contributed by atoms with Gasteiger partial charge in [-0.1, -0.05) is 24.3 Å². The molecule has 2 fully saturated rings. The Morgan fingerprint density at radius 1 is 1.18 bits per heavy atom. The predicted molar refractivity (Wildman–Crippen MR) is 130 cm³/mol. The Balaban J connectivity index is 1.21. The number of aromatic nitrogens is 1. The van der Waals surface area contributed by atoms with Crippen LogP contribution < -0.4 is 15.6 Å². The molecule has 8 heteroatoms. The highest BCUT2D eigenvalue weighted by Gasteiger charge is 2.28. The van der Waals surface area contributed by atoms with Crippen LogP contribution in [0.1, 0.15) is 30.0 Å². The van der Waals surface area contributed by atoms with E-state index in [2.05, 4.69) is 58.1 Å². The maximum Gasteiger partial charge on any atom is 0.248 e. The second-order valence-electron chi connectivity index (χ2n) is 9.14. The average Bonchev–Trinajstić information content (AvgIpc) is 3.57. The minimum absolute atomic E-state index is 0.186. The van der Waals surface area contributed by atoms with Crippen molar-refractivity contribution in [2.24, 2.45) is 0 Å². The molecule has 2 aliphatic rings. The Bertz CT molecular complexity index is 1150. The number of likely N-dealkylation sites (tertiary alicyclic amines) is 1. The zero-order valence-corrected chi connectivity index (χ0v) is 19.4. The van der Waals surface area contributed by atoms with Crippen molar-refractivity contribution >= 4 is 16.7 Å². The number of amides is 1. The summed E-state index contributed by atoms with van der Waals surface area (Å²) in [6.45, 7) is 2.74. The van der Waals surface area contributed by atoms with Gasteiger partial charge in [-0.15, -0.1) is 0 Å². The van der Waals surface area contributed by atoms with Crippen molar-refractivity contribution in [2.45, 2.75) is 31.5 Å². The summed E-state index contributed by atoms with van der Waals surface area (Å²) in [5.74, 6) is 1.16. The number of nitrogens with one attached hydrogen (secondary N) is 2. The zero-order valence-electron chi connectivity index (χ0n) is 19.4. The van der Waals surface area contributed by atoms with E-state index in [9.17, 15) is 4.79 Å². The third kappa shape index (κ3) is 5.05. The summed E-state index contributed by atoms with van der Waals surface area (Å²) in [7, 11) is 2.09. The molecule has 1 amide bonds. The Hall–Kier alpha value is -3.04. The molecule has 2 atom stereocenters. The van der Waals surface area contributed by atoms with Crippen molar-refractivity contribution in [3.63, 3.8) is 0 Å². The van der Waals surface area contributed by atoms with E-state index in [1.807, 2.05) is 24.4 Å². The second-order valence-corrected chi connectivity index (χ2v) is 9.14. The summed E-state index contributed by atoms with van der Waals surface area (Å²) >= 11 is 0. The van der Waals surface area contributed by atoms with Crippen LogP contribution in [-0.4, -0.2) is 65.1 Å². The maximum atomic E-state index is 11.7.